The van der Waals surface area contributed by atoms with Gasteiger partial charge in [-0.1, -0.05) is 38.5 Å². The zero-order valence-corrected chi connectivity index (χ0v) is 18.1. The van der Waals surface area contributed by atoms with Crippen LogP contribution in [0.3, 0.4) is 0 Å². The van der Waals surface area contributed by atoms with Gasteiger partial charge in [-0.25, -0.2) is 18.4 Å². The Morgan fingerprint density at radius 2 is 1.69 bits per heavy atom. The summed E-state index contributed by atoms with van der Waals surface area (Å²) in [6, 6.07) is 5.49. The van der Waals surface area contributed by atoms with Crippen LogP contribution in [0, 0.1) is 0 Å². The molecule has 144 valence electrons. The third kappa shape index (κ3) is 6.32. The number of benzene rings is 1. The van der Waals surface area contributed by atoms with Gasteiger partial charge >= 0.3 is 0 Å². The molecular weight excluding hydrogens is 386 g/mol. The molecule has 2 rings (SSSR count). The fourth-order valence-corrected chi connectivity index (χ4v) is 4.91. The van der Waals surface area contributed by atoms with Gasteiger partial charge in [-0.3, -0.25) is 4.72 Å². The third-order valence-electron chi connectivity index (χ3n) is 3.76. The second-order valence-corrected chi connectivity index (χ2v) is 10.1. The highest BCUT2D eigenvalue weighted by Crippen LogP contribution is 2.31. The number of thioether (sulfide) groups is 2. The molecule has 0 aliphatic rings. The van der Waals surface area contributed by atoms with Crippen molar-refractivity contribution >= 4 is 50.1 Å². The van der Waals surface area contributed by atoms with Gasteiger partial charge in [0.2, 0.25) is 10.0 Å². The first-order valence-corrected chi connectivity index (χ1v) is 12.7. The summed E-state index contributed by atoms with van der Waals surface area (Å²) in [7, 11) is -3.30. The zero-order valence-electron chi connectivity index (χ0n) is 15.6. The topological polar surface area (TPSA) is 72.0 Å². The van der Waals surface area contributed by atoms with Gasteiger partial charge < -0.3 is 0 Å². The summed E-state index contributed by atoms with van der Waals surface area (Å²) in [5, 5.41) is 2.63. The standard InChI is InChI=1S/C18H27N3O2S3/c1-4-7-11-24-17-15-13-14(21-26(22,23)6-3)9-10-16(15)19-18(20-17)25-12-8-5-2/h9-10,13,21H,4-8,11-12H2,1-3H3. The summed E-state index contributed by atoms with van der Waals surface area (Å²) in [5.41, 5.74) is 1.42. The molecule has 0 unspecified atom stereocenters. The second kappa shape index (κ2) is 10.4. The third-order valence-corrected chi connectivity index (χ3v) is 7.08. The van der Waals surface area contributed by atoms with Crippen LogP contribution in [0.1, 0.15) is 46.5 Å². The molecule has 0 aliphatic carbocycles. The van der Waals surface area contributed by atoms with E-state index in [1.54, 1.807) is 36.5 Å². The minimum Gasteiger partial charge on any atom is -0.284 e. The molecule has 26 heavy (non-hydrogen) atoms. The molecular formula is C18H27N3O2S3. The molecule has 0 atom stereocenters. The number of sulfonamides is 1. The Bertz CT molecular complexity index is 826. The number of nitrogens with one attached hydrogen (secondary N) is 1. The smallest absolute Gasteiger partial charge is 0.232 e. The van der Waals surface area contributed by atoms with Crippen LogP contribution in [0.5, 0.6) is 0 Å². The van der Waals surface area contributed by atoms with Gasteiger partial charge in [0.15, 0.2) is 5.16 Å². The maximum Gasteiger partial charge on any atom is 0.232 e. The molecule has 0 saturated heterocycles. The molecule has 1 aromatic carbocycles. The van der Waals surface area contributed by atoms with Crippen molar-refractivity contribution in [3.63, 3.8) is 0 Å². The molecule has 0 radical (unpaired) electrons. The number of unbranched alkanes of at least 4 members (excludes halogenated alkanes) is 2. The van der Waals surface area contributed by atoms with E-state index >= 15 is 0 Å². The van der Waals surface area contributed by atoms with Crippen LogP contribution in [0.15, 0.2) is 28.4 Å². The van der Waals surface area contributed by atoms with Crippen LogP contribution in [-0.2, 0) is 10.0 Å². The quantitative estimate of drug-likeness (QED) is 0.237. The Hall–Kier alpha value is -0.990. The minimum absolute atomic E-state index is 0.0483. The fraction of sp³-hybridized carbons (Fsp3) is 0.556. The lowest BCUT2D eigenvalue weighted by atomic mass is 10.2. The molecule has 2 aromatic rings. The van der Waals surface area contributed by atoms with E-state index in [2.05, 4.69) is 23.6 Å². The molecule has 0 amide bonds. The van der Waals surface area contributed by atoms with E-state index in [0.29, 0.717) is 5.69 Å². The number of hydrogen-bond donors (Lipinski definition) is 1. The summed E-state index contributed by atoms with van der Waals surface area (Å²) in [6.45, 7) is 5.97. The molecule has 1 aromatic heterocycles. The van der Waals surface area contributed by atoms with Crippen molar-refractivity contribution in [2.75, 3.05) is 22.0 Å². The first-order chi connectivity index (χ1) is 12.5. The maximum absolute atomic E-state index is 11.9. The highest BCUT2D eigenvalue weighted by Gasteiger charge is 2.12. The number of hydrogen-bond acceptors (Lipinski definition) is 6. The van der Waals surface area contributed by atoms with Crippen LogP contribution < -0.4 is 4.72 Å². The van der Waals surface area contributed by atoms with Crippen molar-refractivity contribution in [3.8, 4) is 0 Å². The summed E-state index contributed by atoms with van der Waals surface area (Å²) >= 11 is 3.40. The molecule has 0 aliphatic heterocycles. The molecule has 0 saturated carbocycles. The van der Waals surface area contributed by atoms with Gasteiger partial charge in [-0.15, -0.1) is 11.8 Å². The number of fused-ring (bicyclic) bond motifs is 1. The van der Waals surface area contributed by atoms with Crippen molar-refractivity contribution in [2.24, 2.45) is 0 Å². The lowest BCUT2D eigenvalue weighted by molar-refractivity contribution is 0.602. The molecule has 1 heterocycles. The summed E-state index contributed by atoms with van der Waals surface area (Å²) in [6.07, 6.45) is 4.55. The number of rotatable bonds is 11. The molecule has 5 nitrogen and oxygen atoms in total. The Kier molecular flexibility index (Phi) is 8.50. The average Bonchev–Trinajstić information content (AvgIpc) is 2.62. The van der Waals surface area contributed by atoms with E-state index in [4.69, 9.17) is 4.98 Å². The predicted octanol–water partition coefficient (Wildman–Crippen LogP) is 5.18. The van der Waals surface area contributed by atoms with Gasteiger partial charge in [-0.05, 0) is 43.7 Å². The molecule has 1 N–H and O–H groups in total. The fourth-order valence-electron chi connectivity index (χ4n) is 2.19. The number of anilines is 1. The van der Waals surface area contributed by atoms with Gasteiger partial charge in [0.1, 0.15) is 5.03 Å². The van der Waals surface area contributed by atoms with Crippen LogP contribution in [-0.4, -0.2) is 35.6 Å². The highest BCUT2D eigenvalue weighted by atomic mass is 32.2. The lowest BCUT2D eigenvalue weighted by Gasteiger charge is -2.11. The second-order valence-electron chi connectivity index (χ2n) is 5.95. The Balaban J connectivity index is 2.36. The average molecular weight is 414 g/mol. The predicted molar refractivity (Wildman–Crippen MR) is 114 cm³/mol. The van der Waals surface area contributed by atoms with Gasteiger partial charge in [0, 0.05) is 16.8 Å². The highest BCUT2D eigenvalue weighted by molar-refractivity contribution is 8.00. The summed E-state index contributed by atoms with van der Waals surface area (Å²) in [5.74, 6) is 2.05. The van der Waals surface area contributed by atoms with Crippen molar-refractivity contribution in [1.29, 1.82) is 0 Å². The first-order valence-electron chi connectivity index (χ1n) is 9.07. The van der Waals surface area contributed by atoms with E-state index in [0.717, 1.165) is 58.3 Å². The molecule has 0 bridgehead atoms. The van der Waals surface area contributed by atoms with Crippen molar-refractivity contribution in [1.82, 2.24) is 9.97 Å². The van der Waals surface area contributed by atoms with E-state index in [1.165, 1.54) is 0 Å². The largest absolute Gasteiger partial charge is 0.284 e. The molecule has 8 heteroatoms. The lowest BCUT2D eigenvalue weighted by Crippen LogP contribution is -2.14. The van der Waals surface area contributed by atoms with Crippen LogP contribution in [0.2, 0.25) is 0 Å². The monoisotopic (exact) mass is 413 g/mol. The summed E-state index contributed by atoms with van der Waals surface area (Å²) < 4.78 is 26.3. The van der Waals surface area contributed by atoms with E-state index in [1.807, 2.05) is 12.1 Å². The first kappa shape index (κ1) is 21.3. The Labute approximate surface area is 165 Å². The van der Waals surface area contributed by atoms with E-state index in [-0.39, 0.29) is 5.75 Å². The summed E-state index contributed by atoms with van der Waals surface area (Å²) in [4.78, 5) is 9.39. The van der Waals surface area contributed by atoms with Crippen LogP contribution >= 0.6 is 23.5 Å². The Morgan fingerprint density at radius 1 is 1.00 bits per heavy atom. The zero-order chi connectivity index (χ0) is 19.0. The molecule has 0 spiro atoms. The van der Waals surface area contributed by atoms with E-state index < -0.39 is 10.0 Å². The molecule has 0 fully saturated rings. The number of nitrogens with zero attached hydrogens (tertiary/aromatic N) is 2. The van der Waals surface area contributed by atoms with Crippen molar-refractivity contribution < 1.29 is 8.42 Å². The normalized spacial score (nSPS) is 11.8. The van der Waals surface area contributed by atoms with Crippen LogP contribution in [0.4, 0.5) is 5.69 Å². The number of aromatic nitrogens is 2. The van der Waals surface area contributed by atoms with Gasteiger partial charge in [0.05, 0.1) is 11.3 Å². The SMILES string of the molecule is CCCCSc1nc(SCCCC)c2cc(NS(=O)(=O)CC)ccc2n1. The maximum atomic E-state index is 11.9. The van der Waals surface area contributed by atoms with E-state index in [9.17, 15) is 8.42 Å². The van der Waals surface area contributed by atoms with Gasteiger partial charge in [-0.2, -0.15) is 0 Å². The Morgan fingerprint density at radius 3 is 2.35 bits per heavy atom. The van der Waals surface area contributed by atoms with Crippen LogP contribution in [0.25, 0.3) is 10.9 Å². The van der Waals surface area contributed by atoms with Crippen molar-refractivity contribution in [2.45, 2.75) is 56.6 Å². The van der Waals surface area contributed by atoms with Crippen molar-refractivity contribution in [3.05, 3.63) is 18.2 Å². The van der Waals surface area contributed by atoms with Gasteiger partial charge in [0.25, 0.3) is 0 Å². The minimum atomic E-state index is -3.30.